The van der Waals surface area contributed by atoms with E-state index in [-0.39, 0.29) is 12.7 Å². The molecule has 2 aliphatic rings. The van der Waals surface area contributed by atoms with E-state index in [2.05, 4.69) is 20.6 Å². The van der Waals surface area contributed by atoms with Gasteiger partial charge in [0.25, 0.3) is 0 Å². The Morgan fingerprint density at radius 2 is 2.07 bits per heavy atom. The summed E-state index contributed by atoms with van der Waals surface area (Å²) in [4.78, 5) is 22.3. The first kappa shape index (κ1) is 17.4. The minimum atomic E-state index is 0.270. The second kappa shape index (κ2) is 8.11. The highest BCUT2D eigenvalue weighted by Crippen LogP contribution is 2.32. The van der Waals surface area contributed by atoms with Crippen LogP contribution in [0.4, 0.5) is 11.8 Å². The number of rotatable bonds is 8. The number of anilines is 2. The minimum Gasteiger partial charge on any atom is -0.454 e. The van der Waals surface area contributed by atoms with Crippen LogP contribution in [0, 0.1) is 0 Å². The van der Waals surface area contributed by atoms with Crippen LogP contribution in [0.2, 0.25) is 0 Å². The van der Waals surface area contributed by atoms with Gasteiger partial charge in [0.1, 0.15) is 5.82 Å². The number of carbonyl (C=O) groups is 1. The molecule has 2 N–H and O–H groups in total. The van der Waals surface area contributed by atoms with Crippen molar-refractivity contribution >= 4 is 17.7 Å². The summed E-state index contributed by atoms with van der Waals surface area (Å²) >= 11 is 0. The van der Waals surface area contributed by atoms with Crippen LogP contribution in [0.3, 0.4) is 0 Å². The third kappa shape index (κ3) is 4.39. The fraction of sp³-hybridized carbons (Fsp3) is 0.421. The molecule has 8 nitrogen and oxygen atoms in total. The molecule has 0 bridgehead atoms. The van der Waals surface area contributed by atoms with Crippen molar-refractivity contribution in [2.75, 3.05) is 37.1 Å². The fourth-order valence-corrected chi connectivity index (χ4v) is 3.20. The Morgan fingerprint density at radius 1 is 1.15 bits per heavy atom. The number of fused-ring (bicyclic) bond motifs is 1. The van der Waals surface area contributed by atoms with Crippen molar-refractivity contribution in [2.45, 2.75) is 25.8 Å². The van der Waals surface area contributed by atoms with Gasteiger partial charge in [0.15, 0.2) is 11.5 Å². The first-order valence-corrected chi connectivity index (χ1v) is 9.25. The Morgan fingerprint density at radius 3 is 2.96 bits per heavy atom. The number of hydrogen-bond acceptors (Lipinski definition) is 7. The van der Waals surface area contributed by atoms with Crippen LogP contribution in [0.5, 0.6) is 11.5 Å². The van der Waals surface area contributed by atoms with Gasteiger partial charge in [0.05, 0.1) is 0 Å². The van der Waals surface area contributed by atoms with Gasteiger partial charge in [-0.25, -0.2) is 4.98 Å². The Kier molecular flexibility index (Phi) is 5.22. The standard InChI is InChI=1S/C19H23N5O3/c25-18-3-1-9-24(18)10-2-7-20-17-6-8-21-19(23-17)22-12-14-4-5-15-16(11-14)27-13-26-15/h4-6,8,11H,1-3,7,9-10,12-13H2,(H2,20,21,22,23). The van der Waals surface area contributed by atoms with Gasteiger partial charge in [0, 0.05) is 38.8 Å². The molecule has 4 rings (SSSR count). The summed E-state index contributed by atoms with van der Waals surface area (Å²) < 4.78 is 10.7. The molecule has 0 radical (unpaired) electrons. The molecule has 3 heterocycles. The van der Waals surface area contributed by atoms with E-state index < -0.39 is 0 Å². The van der Waals surface area contributed by atoms with Crippen LogP contribution in [-0.4, -0.2) is 47.2 Å². The SMILES string of the molecule is O=C1CCCN1CCCNc1ccnc(NCc2ccc3c(c2)OCO3)n1. The van der Waals surface area contributed by atoms with Crippen LogP contribution < -0.4 is 20.1 Å². The Hall–Kier alpha value is -3.03. The molecule has 1 aromatic carbocycles. The summed E-state index contributed by atoms with van der Waals surface area (Å²) in [7, 11) is 0. The molecule has 1 saturated heterocycles. The third-order valence-electron chi connectivity index (χ3n) is 4.63. The van der Waals surface area contributed by atoms with E-state index >= 15 is 0 Å². The van der Waals surface area contributed by atoms with Gasteiger partial charge in [-0.2, -0.15) is 4.98 Å². The zero-order valence-electron chi connectivity index (χ0n) is 15.1. The van der Waals surface area contributed by atoms with Crippen LogP contribution >= 0.6 is 0 Å². The monoisotopic (exact) mass is 369 g/mol. The molecule has 2 aliphatic heterocycles. The van der Waals surface area contributed by atoms with Gasteiger partial charge in [-0.05, 0) is 36.6 Å². The van der Waals surface area contributed by atoms with Gasteiger partial charge in [0.2, 0.25) is 18.6 Å². The average molecular weight is 369 g/mol. The average Bonchev–Trinajstić information content (AvgIpc) is 3.32. The van der Waals surface area contributed by atoms with Gasteiger partial charge in [-0.15, -0.1) is 0 Å². The normalized spacial score (nSPS) is 15.3. The number of benzene rings is 1. The maximum absolute atomic E-state index is 11.6. The summed E-state index contributed by atoms with van der Waals surface area (Å²) in [6.07, 6.45) is 4.30. The van der Waals surface area contributed by atoms with E-state index in [0.717, 1.165) is 55.4 Å². The highest BCUT2D eigenvalue weighted by atomic mass is 16.7. The molecule has 0 atom stereocenters. The molecular weight excluding hydrogens is 346 g/mol. The zero-order chi connectivity index (χ0) is 18.5. The molecule has 0 saturated carbocycles. The van der Waals surface area contributed by atoms with E-state index in [1.807, 2.05) is 29.2 Å². The Labute approximate surface area is 157 Å². The summed E-state index contributed by atoms with van der Waals surface area (Å²) in [5.41, 5.74) is 1.07. The summed E-state index contributed by atoms with van der Waals surface area (Å²) in [6, 6.07) is 7.69. The lowest BCUT2D eigenvalue weighted by molar-refractivity contribution is -0.127. The summed E-state index contributed by atoms with van der Waals surface area (Å²) in [5.74, 6) is 3.14. The lowest BCUT2D eigenvalue weighted by Gasteiger charge is -2.15. The minimum absolute atomic E-state index is 0.270. The molecule has 1 amide bonds. The van der Waals surface area contributed by atoms with Crippen LogP contribution in [0.1, 0.15) is 24.8 Å². The van der Waals surface area contributed by atoms with Gasteiger partial charge >= 0.3 is 0 Å². The van der Waals surface area contributed by atoms with Crippen LogP contribution in [0.15, 0.2) is 30.5 Å². The lowest BCUT2D eigenvalue weighted by Crippen LogP contribution is -2.27. The number of hydrogen-bond donors (Lipinski definition) is 2. The van der Waals surface area contributed by atoms with E-state index in [9.17, 15) is 4.79 Å². The highest BCUT2D eigenvalue weighted by Gasteiger charge is 2.18. The summed E-state index contributed by atoms with van der Waals surface area (Å²) in [5, 5.41) is 6.51. The van der Waals surface area contributed by atoms with Crippen molar-refractivity contribution in [3.63, 3.8) is 0 Å². The Balaban J connectivity index is 1.24. The summed E-state index contributed by atoms with van der Waals surface area (Å²) in [6.45, 7) is 3.32. The smallest absolute Gasteiger partial charge is 0.231 e. The molecule has 27 heavy (non-hydrogen) atoms. The molecule has 0 spiro atoms. The van der Waals surface area contributed by atoms with Gasteiger partial charge in [-0.3, -0.25) is 4.79 Å². The maximum Gasteiger partial charge on any atom is 0.231 e. The predicted molar refractivity (Wildman–Crippen MR) is 101 cm³/mol. The van der Waals surface area contributed by atoms with Crippen molar-refractivity contribution in [1.29, 1.82) is 0 Å². The third-order valence-corrected chi connectivity index (χ3v) is 4.63. The highest BCUT2D eigenvalue weighted by molar-refractivity contribution is 5.78. The molecule has 1 fully saturated rings. The molecule has 0 aliphatic carbocycles. The number of likely N-dealkylation sites (tertiary alicyclic amines) is 1. The number of amides is 1. The van der Waals surface area contributed by atoms with E-state index in [0.29, 0.717) is 18.9 Å². The number of ether oxygens (including phenoxy) is 2. The fourth-order valence-electron chi connectivity index (χ4n) is 3.20. The van der Waals surface area contributed by atoms with Crippen molar-refractivity contribution in [3.8, 4) is 11.5 Å². The first-order valence-electron chi connectivity index (χ1n) is 9.25. The van der Waals surface area contributed by atoms with Crippen LogP contribution in [-0.2, 0) is 11.3 Å². The number of nitrogens with one attached hydrogen (secondary N) is 2. The molecule has 0 unspecified atom stereocenters. The van der Waals surface area contributed by atoms with Crippen molar-refractivity contribution in [1.82, 2.24) is 14.9 Å². The van der Waals surface area contributed by atoms with E-state index in [1.54, 1.807) is 6.20 Å². The van der Waals surface area contributed by atoms with Gasteiger partial charge < -0.3 is 25.0 Å². The topological polar surface area (TPSA) is 88.6 Å². The first-order chi connectivity index (χ1) is 13.3. The van der Waals surface area contributed by atoms with Gasteiger partial charge in [-0.1, -0.05) is 6.07 Å². The number of nitrogens with zero attached hydrogens (tertiary/aromatic N) is 3. The molecule has 2 aromatic rings. The largest absolute Gasteiger partial charge is 0.454 e. The number of aromatic nitrogens is 2. The Bertz CT molecular complexity index is 814. The van der Waals surface area contributed by atoms with Crippen molar-refractivity contribution in [3.05, 3.63) is 36.0 Å². The molecule has 142 valence electrons. The van der Waals surface area contributed by atoms with E-state index in [1.165, 1.54) is 0 Å². The second-order valence-corrected chi connectivity index (χ2v) is 6.57. The zero-order valence-corrected chi connectivity index (χ0v) is 15.1. The maximum atomic E-state index is 11.6. The second-order valence-electron chi connectivity index (χ2n) is 6.57. The molecule has 1 aromatic heterocycles. The van der Waals surface area contributed by atoms with E-state index in [4.69, 9.17) is 9.47 Å². The quantitative estimate of drug-likeness (QED) is 0.690. The van der Waals surface area contributed by atoms with Crippen LogP contribution in [0.25, 0.3) is 0 Å². The van der Waals surface area contributed by atoms with Crippen molar-refractivity contribution < 1.29 is 14.3 Å². The number of carbonyl (C=O) groups excluding carboxylic acids is 1. The van der Waals surface area contributed by atoms with Crippen molar-refractivity contribution in [2.24, 2.45) is 0 Å². The molecular formula is C19H23N5O3. The lowest BCUT2D eigenvalue weighted by atomic mass is 10.2. The predicted octanol–water partition coefficient (Wildman–Crippen LogP) is 2.24. The molecule has 8 heteroatoms.